The molecule has 0 bridgehead atoms. The molecule has 0 atom stereocenters. The summed E-state index contributed by atoms with van der Waals surface area (Å²) in [5.41, 5.74) is 1.17. The summed E-state index contributed by atoms with van der Waals surface area (Å²) in [5.74, 6) is -0.307. The molecule has 31 heavy (non-hydrogen) atoms. The predicted molar refractivity (Wildman–Crippen MR) is 137 cm³/mol. The quantitative estimate of drug-likeness (QED) is 0.112. The summed E-state index contributed by atoms with van der Waals surface area (Å²) >= 11 is 0. The SMILES string of the molecule is C=CC#N.C=CC(=O)OCCCCCCCCCC.C=CC=C.C=Cc1ccccc1. The Balaban J connectivity index is -0.000000405. The molecular formula is C28H41NO2. The lowest BCUT2D eigenvalue weighted by Crippen LogP contribution is -2.01. The number of unbranched alkanes of at least 4 members (excludes halogenated alkanes) is 7. The zero-order valence-corrected chi connectivity index (χ0v) is 19.4. The van der Waals surface area contributed by atoms with Crippen LogP contribution in [0.25, 0.3) is 6.08 Å². The summed E-state index contributed by atoms with van der Waals surface area (Å²) in [5, 5.41) is 7.51. The van der Waals surface area contributed by atoms with E-state index < -0.39 is 0 Å². The zero-order chi connectivity index (χ0) is 24.0. The van der Waals surface area contributed by atoms with Gasteiger partial charge in [-0.2, -0.15) is 5.26 Å². The summed E-state index contributed by atoms with van der Waals surface area (Å²) in [4.78, 5) is 10.7. The number of nitriles is 1. The van der Waals surface area contributed by atoms with Crippen LogP contribution in [0.3, 0.4) is 0 Å². The first-order valence-electron chi connectivity index (χ1n) is 10.8. The number of esters is 1. The molecule has 0 aliphatic rings. The normalized spacial score (nSPS) is 8.13. The van der Waals surface area contributed by atoms with Crippen molar-refractivity contribution in [3.63, 3.8) is 0 Å². The van der Waals surface area contributed by atoms with Gasteiger partial charge in [0, 0.05) is 12.2 Å². The van der Waals surface area contributed by atoms with E-state index in [-0.39, 0.29) is 5.97 Å². The van der Waals surface area contributed by atoms with Gasteiger partial charge >= 0.3 is 5.97 Å². The molecule has 0 saturated carbocycles. The van der Waals surface area contributed by atoms with Crippen molar-refractivity contribution in [2.45, 2.75) is 58.3 Å². The molecule has 3 nitrogen and oxygen atoms in total. The number of benzene rings is 1. The summed E-state index contributed by atoms with van der Waals surface area (Å²) < 4.78 is 4.88. The van der Waals surface area contributed by atoms with Gasteiger partial charge in [0.25, 0.3) is 0 Å². The van der Waals surface area contributed by atoms with Crippen molar-refractivity contribution in [2.24, 2.45) is 0 Å². The van der Waals surface area contributed by atoms with Crippen molar-refractivity contribution in [1.29, 1.82) is 5.26 Å². The molecule has 3 heteroatoms. The summed E-state index contributed by atoms with van der Waals surface area (Å²) in [6.07, 6.45) is 17.6. The summed E-state index contributed by atoms with van der Waals surface area (Å²) in [7, 11) is 0. The molecule has 0 unspecified atom stereocenters. The number of allylic oxidation sites excluding steroid dienone is 3. The molecule has 170 valence electrons. The third-order valence-corrected chi connectivity index (χ3v) is 3.70. The Morgan fingerprint density at radius 3 is 1.74 bits per heavy atom. The van der Waals surface area contributed by atoms with E-state index in [1.807, 2.05) is 36.4 Å². The molecule has 0 amide bonds. The minimum absolute atomic E-state index is 0.307. The van der Waals surface area contributed by atoms with Crippen LogP contribution in [-0.4, -0.2) is 12.6 Å². The van der Waals surface area contributed by atoms with Crippen molar-refractivity contribution in [3.05, 3.63) is 93.1 Å². The van der Waals surface area contributed by atoms with Crippen molar-refractivity contribution in [3.8, 4) is 6.07 Å². The number of nitrogens with zero attached hydrogens (tertiary/aromatic N) is 1. The average molecular weight is 424 g/mol. The molecule has 0 N–H and O–H groups in total. The van der Waals surface area contributed by atoms with Gasteiger partial charge in [0.15, 0.2) is 0 Å². The average Bonchev–Trinajstić information content (AvgIpc) is 2.84. The molecule has 0 aliphatic heterocycles. The van der Waals surface area contributed by atoms with Crippen molar-refractivity contribution in [2.75, 3.05) is 6.61 Å². The third-order valence-electron chi connectivity index (χ3n) is 3.70. The fourth-order valence-corrected chi connectivity index (χ4v) is 2.06. The number of hydrogen-bond acceptors (Lipinski definition) is 3. The first-order valence-corrected chi connectivity index (χ1v) is 10.8. The maximum atomic E-state index is 10.7. The van der Waals surface area contributed by atoms with E-state index in [0.29, 0.717) is 6.61 Å². The minimum Gasteiger partial charge on any atom is -0.463 e. The van der Waals surface area contributed by atoms with Crippen LogP contribution < -0.4 is 0 Å². The molecule has 0 aliphatic carbocycles. The topological polar surface area (TPSA) is 50.1 Å². The van der Waals surface area contributed by atoms with Gasteiger partial charge in [-0.15, -0.1) is 0 Å². The van der Waals surface area contributed by atoms with Gasteiger partial charge in [0.05, 0.1) is 12.7 Å². The second-order valence-electron chi connectivity index (χ2n) is 6.27. The standard InChI is InChI=1S/C13H24O2.C8H8.C4H6.C3H3N/c1-3-5-6-7-8-9-10-11-12-15-13(14)4-2;1-2-8-6-4-3-5-7-8;1-3-4-2;1-2-3-4/h4H,2-3,5-12H2,1H3;2-7H,1H2;3-4H,1-2H2;2H,1H2. The lowest BCUT2D eigenvalue weighted by atomic mass is 10.1. The number of rotatable bonds is 12. The lowest BCUT2D eigenvalue weighted by molar-refractivity contribution is -0.137. The Morgan fingerprint density at radius 1 is 0.903 bits per heavy atom. The van der Waals surface area contributed by atoms with Crippen LogP contribution in [0, 0.1) is 11.3 Å². The zero-order valence-electron chi connectivity index (χ0n) is 19.4. The maximum absolute atomic E-state index is 10.7. The van der Waals surface area contributed by atoms with E-state index in [1.54, 1.807) is 18.2 Å². The van der Waals surface area contributed by atoms with Crippen molar-refractivity contribution < 1.29 is 9.53 Å². The Labute approximate surface area is 191 Å². The Kier molecular flexibility index (Phi) is 33.1. The summed E-state index contributed by atoms with van der Waals surface area (Å²) in [6.45, 7) is 19.6. The van der Waals surface area contributed by atoms with Gasteiger partial charge in [0.2, 0.25) is 0 Å². The largest absolute Gasteiger partial charge is 0.463 e. The number of carbonyl (C=O) groups is 1. The highest BCUT2D eigenvalue weighted by atomic mass is 16.5. The van der Waals surface area contributed by atoms with Crippen LogP contribution in [0.4, 0.5) is 0 Å². The number of ether oxygens (including phenoxy) is 1. The summed E-state index contributed by atoms with van der Waals surface area (Å²) in [6, 6.07) is 11.7. The molecule has 0 saturated heterocycles. The highest BCUT2D eigenvalue weighted by Crippen LogP contribution is 2.08. The molecule has 0 fully saturated rings. The first-order chi connectivity index (χ1) is 15.1. The molecule has 1 aromatic rings. The van der Waals surface area contributed by atoms with E-state index in [2.05, 4.69) is 39.8 Å². The molecule has 0 spiro atoms. The van der Waals surface area contributed by atoms with Crippen LogP contribution in [0.5, 0.6) is 0 Å². The number of carbonyl (C=O) groups excluding carboxylic acids is 1. The molecule has 0 heterocycles. The second kappa shape index (κ2) is 31.6. The van der Waals surface area contributed by atoms with E-state index in [4.69, 9.17) is 10.00 Å². The van der Waals surface area contributed by atoms with Crippen LogP contribution in [0.2, 0.25) is 0 Å². The molecule has 1 rings (SSSR count). The molecule has 0 aromatic heterocycles. The fourth-order valence-electron chi connectivity index (χ4n) is 2.06. The number of hydrogen-bond donors (Lipinski definition) is 0. The second-order valence-corrected chi connectivity index (χ2v) is 6.27. The minimum atomic E-state index is -0.307. The van der Waals surface area contributed by atoms with Crippen LogP contribution in [0.15, 0.2) is 87.5 Å². The van der Waals surface area contributed by atoms with Gasteiger partial charge in [-0.3, -0.25) is 0 Å². The molecule has 1 aromatic carbocycles. The maximum Gasteiger partial charge on any atom is 0.330 e. The van der Waals surface area contributed by atoms with Gasteiger partial charge in [0.1, 0.15) is 0 Å². The highest BCUT2D eigenvalue weighted by molar-refractivity contribution is 5.81. The van der Waals surface area contributed by atoms with Gasteiger partial charge in [-0.05, 0) is 12.0 Å². The van der Waals surface area contributed by atoms with E-state index in [1.165, 1.54) is 56.2 Å². The van der Waals surface area contributed by atoms with Crippen molar-refractivity contribution in [1.82, 2.24) is 0 Å². The fraction of sp³-hybridized carbons (Fsp3) is 0.357. The highest BCUT2D eigenvalue weighted by Gasteiger charge is 1.95. The van der Waals surface area contributed by atoms with E-state index in [0.717, 1.165) is 12.8 Å². The first kappa shape index (κ1) is 32.5. The van der Waals surface area contributed by atoms with E-state index in [9.17, 15) is 4.79 Å². The Hall–Kier alpha value is -3.12. The monoisotopic (exact) mass is 423 g/mol. The Bertz CT molecular complexity index is 606. The third kappa shape index (κ3) is 34.8. The van der Waals surface area contributed by atoms with Gasteiger partial charge in [-0.25, -0.2) is 4.79 Å². The van der Waals surface area contributed by atoms with E-state index >= 15 is 0 Å². The van der Waals surface area contributed by atoms with Crippen LogP contribution in [0.1, 0.15) is 63.9 Å². The predicted octanol–water partition coefficient (Wildman–Crippen LogP) is 8.24. The van der Waals surface area contributed by atoms with Gasteiger partial charge in [-0.1, -0.05) is 133 Å². The molecule has 0 radical (unpaired) electrons. The Morgan fingerprint density at radius 2 is 1.39 bits per heavy atom. The smallest absolute Gasteiger partial charge is 0.330 e. The molecular weight excluding hydrogens is 382 g/mol. The van der Waals surface area contributed by atoms with Crippen LogP contribution in [-0.2, 0) is 9.53 Å². The van der Waals surface area contributed by atoms with Gasteiger partial charge < -0.3 is 4.74 Å². The lowest BCUT2D eigenvalue weighted by Gasteiger charge is -2.02. The van der Waals surface area contributed by atoms with Crippen LogP contribution >= 0.6 is 0 Å². The van der Waals surface area contributed by atoms with Crippen molar-refractivity contribution >= 4 is 12.0 Å².